The van der Waals surface area contributed by atoms with Crippen LogP contribution in [-0.2, 0) is 17.3 Å². The number of benzene rings is 2. The number of fused-ring (bicyclic) bond motifs is 6. The van der Waals surface area contributed by atoms with Crippen LogP contribution < -0.4 is 24.4 Å². The molecule has 0 bridgehead atoms. The van der Waals surface area contributed by atoms with Crippen LogP contribution >= 0.6 is 11.8 Å². The van der Waals surface area contributed by atoms with Gasteiger partial charge in [0.05, 0.1) is 26.2 Å². The van der Waals surface area contributed by atoms with Crippen LogP contribution in [0.1, 0.15) is 69.4 Å². The zero-order valence-electron chi connectivity index (χ0n) is 25.8. The monoisotopic (exact) mass is 572 g/mol. The zero-order valence-corrected chi connectivity index (χ0v) is 26.6. The Bertz CT molecular complexity index is 1620. The molecule has 0 aromatic heterocycles. The average molecular weight is 573 g/mol. The molecule has 6 heteroatoms. The van der Waals surface area contributed by atoms with Crippen molar-refractivity contribution in [3.63, 3.8) is 0 Å². The average Bonchev–Trinajstić information content (AvgIpc) is 3.14. The van der Waals surface area contributed by atoms with E-state index < -0.39 is 0 Å². The molecule has 5 nitrogen and oxygen atoms in total. The summed E-state index contributed by atoms with van der Waals surface area (Å²) in [4.78, 5) is 14.1. The van der Waals surface area contributed by atoms with Crippen LogP contribution in [0.2, 0.25) is 0 Å². The summed E-state index contributed by atoms with van der Waals surface area (Å²) in [7, 11) is 4.88. The Morgan fingerprint density at radius 3 is 2.15 bits per heavy atom. The number of hydrogen-bond donors (Lipinski definition) is 0. The Hall–Kier alpha value is -3.38. The van der Waals surface area contributed by atoms with E-state index in [0.29, 0.717) is 28.6 Å². The predicted molar refractivity (Wildman–Crippen MR) is 169 cm³/mol. The van der Waals surface area contributed by atoms with Gasteiger partial charge < -0.3 is 18.9 Å². The van der Waals surface area contributed by atoms with Crippen molar-refractivity contribution in [1.29, 1.82) is 0 Å². The van der Waals surface area contributed by atoms with E-state index in [9.17, 15) is 4.79 Å². The summed E-state index contributed by atoms with van der Waals surface area (Å²) in [6, 6.07) is 12.2. The molecule has 216 valence electrons. The molecule has 0 radical (unpaired) electrons. The maximum absolute atomic E-state index is 13.5. The quantitative estimate of drug-likeness (QED) is 0.296. The van der Waals surface area contributed by atoms with Crippen molar-refractivity contribution in [3.05, 3.63) is 74.4 Å². The smallest absolute Gasteiger partial charge is 0.203 e. The van der Waals surface area contributed by atoms with Crippen molar-refractivity contribution in [2.24, 2.45) is 0 Å². The van der Waals surface area contributed by atoms with Gasteiger partial charge in [0.1, 0.15) is 11.9 Å². The van der Waals surface area contributed by atoms with E-state index in [1.807, 2.05) is 24.5 Å². The highest BCUT2D eigenvalue weighted by Gasteiger charge is 2.36. The van der Waals surface area contributed by atoms with E-state index >= 15 is 0 Å². The van der Waals surface area contributed by atoms with Gasteiger partial charge in [0, 0.05) is 28.7 Å². The van der Waals surface area contributed by atoms with Crippen LogP contribution in [0.25, 0.3) is 22.8 Å². The fourth-order valence-corrected chi connectivity index (χ4v) is 6.31. The zero-order chi connectivity index (χ0) is 29.9. The maximum Gasteiger partial charge on any atom is 0.203 e. The summed E-state index contributed by atoms with van der Waals surface area (Å²) in [6.07, 6.45) is 4.42. The van der Waals surface area contributed by atoms with Crippen molar-refractivity contribution >= 4 is 23.4 Å². The van der Waals surface area contributed by atoms with Crippen molar-refractivity contribution in [2.75, 3.05) is 27.6 Å². The molecule has 0 amide bonds. The summed E-state index contributed by atoms with van der Waals surface area (Å²) in [5.41, 5.74) is 7.90. The number of methoxy groups -OCH3 is 3. The number of rotatable bonds is 4. The van der Waals surface area contributed by atoms with Crippen LogP contribution in [0.15, 0.2) is 46.1 Å². The molecule has 41 heavy (non-hydrogen) atoms. The third kappa shape index (κ3) is 5.01. The Labute approximate surface area is 247 Å². The molecule has 3 aromatic carbocycles. The van der Waals surface area contributed by atoms with Crippen LogP contribution in [0.5, 0.6) is 23.0 Å². The normalized spacial score (nSPS) is 15.8. The fourth-order valence-electron chi connectivity index (χ4n) is 5.85. The number of hydrogen-bond acceptors (Lipinski definition) is 6. The summed E-state index contributed by atoms with van der Waals surface area (Å²) in [5.74, 6) is 2.60. The summed E-state index contributed by atoms with van der Waals surface area (Å²) < 4.78 is 24.5. The van der Waals surface area contributed by atoms with E-state index in [1.54, 1.807) is 27.4 Å². The molecule has 5 rings (SSSR count). The van der Waals surface area contributed by atoms with Gasteiger partial charge in [0.25, 0.3) is 0 Å². The first kappa shape index (κ1) is 29.1. The largest absolute Gasteiger partial charge is 0.493 e. The molecular weight excluding hydrogens is 532 g/mol. The third-order valence-electron chi connectivity index (χ3n) is 8.04. The summed E-state index contributed by atoms with van der Waals surface area (Å²) in [5, 5.41) is 0. The Balaban J connectivity index is 1.90. The number of thioether (sulfide) groups is 1. The molecule has 2 aliphatic rings. The van der Waals surface area contributed by atoms with Gasteiger partial charge in [-0.2, -0.15) is 0 Å². The van der Waals surface area contributed by atoms with Crippen LogP contribution in [0.4, 0.5) is 0 Å². The van der Waals surface area contributed by atoms with Crippen LogP contribution in [-0.4, -0.2) is 33.7 Å². The second-order valence-corrected chi connectivity index (χ2v) is 13.6. The van der Waals surface area contributed by atoms with Crippen molar-refractivity contribution < 1.29 is 18.9 Å². The minimum absolute atomic E-state index is 0.0223. The first-order valence-electron chi connectivity index (χ1n) is 13.9. The fraction of sp³-hybridized carbons (Fsp3) is 0.400. The van der Waals surface area contributed by atoms with Gasteiger partial charge in [-0.3, -0.25) is 4.79 Å². The van der Waals surface area contributed by atoms with Crippen molar-refractivity contribution in [1.82, 2.24) is 0 Å². The standard InChI is InChI=1S/C35H40O5S/c1-34(2,3)21-13-20-14-24-23-18-26(36)29(41-10)12-11-22(23)30-19(16-28(37-7)32(38-8)33(30)39-9)15-27(24)40-31(20)25(17-21)35(4,5)6/h11-14,16-18,27H,15H2,1-10H3. The lowest BCUT2D eigenvalue weighted by molar-refractivity contribution is 0.249. The van der Waals surface area contributed by atoms with Gasteiger partial charge in [0.15, 0.2) is 16.9 Å². The molecule has 0 spiro atoms. The van der Waals surface area contributed by atoms with Crippen LogP contribution in [0.3, 0.4) is 0 Å². The molecule has 0 saturated carbocycles. The van der Waals surface area contributed by atoms with Gasteiger partial charge in [0.2, 0.25) is 5.75 Å². The second kappa shape index (κ2) is 10.5. The van der Waals surface area contributed by atoms with Gasteiger partial charge >= 0.3 is 0 Å². The Morgan fingerprint density at radius 2 is 1.56 bits per heavy atom. The van der Waals surface area contributed by atoms with Gasteiger partial charge in [-0.1, -0.05) is 53.7 Å². The lowest BCUT2D eigenvalue weighted by atomic mass is 9.78. The first-order valence-corrected chi connectivity index (χ1v) is 15.2. The predicted octanol–water partition coefficient (Wildman–Crippen LogP) is 7.91. The molecule has 0 fully saturated rings. The topological polar surface area (TPSA) is 54.0 Å². The highest BCUT2D eigenvalue weighted by Crippen LogP contribution is 2.53. The Kier molecular flexibility index (Phi) is 7.44. The van der Waals surface area contributed by atoms with Crippen molar-refractivity contribution in [3.8, 4) is 34.1 Å². The highest BCUT2D eigenvalue weighted by atomic mass is 32.2. The van der Waals surface area contributed by atoms with E-state index in [1.165, 1.54) is 22.9 Å². The minimum atomic E-state index is -0.313. The van der Waals surface area contributed by atoms with E-state index in [-0.39, 0.29) is 22.4 Å². The lowest BCUT2D eigenvalue weighted by Crippen LogP contribution is -2.27. The van der Waals surface area contributed by atoms with Crippen LogP contribution in [0, 0.1) is 0 Å². The first-order chi connectivity index (χ1) is 19.3. The van der Waals surface area contributed by atoms with E-state index in [4.69, 9.17) is 18.9 Å². The maximum atomic E-state index is 13.5. The molecule has 1 aliphatic heterocycles. The molecule has 0 N–H and O–H groups in total. The second-order valence-electron chi connectivity index (χ2n) is 12.8. The SMILES string of the molecule is COc1cc2c(c(OC)c1OC)-c1ccc(SC)c(=O)cc1C1=Cc3cc(C(C)(C)C)cc(C(C)(C)C)c3OC1C2. The Morgan fingerprint density at radius 1 is 0.854 bits per heavy atom. The highest BCUT2D eigenvalue weighted by molar-refractivity contribution is 7.98. The van der Waals surface area contributed by atoms with Crippen molar-refractivity contribution in [2.45, 2.75) is 69.8 Å². The molecule has 1 aliphatic carbocycles. The molecular formula is C35H40O5S. The molecule has 1 heterocycles. The summed E-state index contributed by atoms with van der Waals surface area (Å²) in [6.45, 7) is 13.4. The van der Waals surface area contributed by atoms with E-state index in [0.717, 1.165) is 39.1 Å². The summed E-state index contributed by atoms with van der Waals surface area (Å²) >= 11 is 1.45. The number of ether oxygens (including phenoxy) is 4. The molecule has 1 atom stereocenters. The van der Waals surface area contributed by atoms with Gasteiger partial charge in [-0.25, -0.2) is 0 Å². The molecule has 1 unspecified atom stereocenters. The minimum Gasteiger partial charge on any atom is -0.493 e. The third-order valence-corrected chi connectivity index (χ3v) is 8.81. The lowest BCUT2D eigenvalue weighted by Gasteiger charge is -2.34. The van der Waals surface area contributed by atoms with E-state index in [2.05, 4.69) is 59.8 Å². The molecule has 0 saturated heterocycles. The van der Waals surface area contributed by atoms with Gasteiger partial charge in [-0.05, 0) is 69.7 Å². The molecule has 3 aromatic rings. The van der Waals surface area contributed by atoms with Gasteiger partial charge in [-0.15, -0.1) is 11.8 Å².